The summed E-state index contributed by atoms with van der Waals surface area (Å²) in [4.78, 5) is 38.5. The predicted molar refractivity (Wildman–Crippen MR) is 127 cm³/mol. The predicted octanol–water partition coefficient (Wildman–Crippen LogP) is 2.89. The lowest BCUT2D eigenvalue weighted by atomic mass is 10.1. The van der Waals surface area contributed by atoms with Crippen LogP contribution in [0.3, 0.4) is 0 Å². The molecule has 0 spiro atoms. The molecule has 1 aliphatic heterocycles. The van der Waals surface area contributed by atoms with Crippen LogP contribution in [0.1, 0.15) is 31.0 Å². The van der Waals surface area contributed by atoms with Gasteiger partial charge >= 0.3 is 0 Å². The van der Waals surface area contributed by atoms with Gasteiger partial charge in [-0.2, -0.15) is 4.39 Å². The Morgan fingerprint density at radius 1 is 1.18 bits per heavy atom. The van der Waals surface area contributed by atoms with E-state index in [9.17, 15) is 18.4 Å². The highest BCUT2D eigenvalue weighted by atomic mass is 19.1. The lowest BCUT2D eigenvalue weighted by Crippen LogP contribution is -2.46. The van der Waals surface area contributed by atoms with Crippen molar-refractivity contribution in [3.05, 3.63) is 80.8 Å². The van der Waals surface area contributed by atoms with Crippen molar-refractivity contribution in [2.75, 3.05) is 31.1 Å². The van der Waals surface area contributed by atoms with Crippen LogP contribution in [0.15, 0.2) is 46.6 Å². The van der Waals surface area contributed by atoms with E-state index in [4.69, 9.17) is 0 Å². The smallest absolute Gasteiger partial charge is 0.274 e. The number of carbonyl (C=O) groups is 1. The second-order valence-electron chi connectivity index (χ2n) is 8.34. The molecule has 5 rings (SSSR count). The van der Waals surface area contributed by atoms with E-state index in [0.29, 0.717) is 67.3 Å². The number of hydrogen-bond acceptors (Lipinski definition) is 6. The Hall–Kier alpha value is -3.88. The zero-order valence-electron chi connectivity index (χ0n) is 18.5. The number of aryl methyl sites for hydroxylation is 1. The molecule has 34 heavy (non-hydrogen) atoms. The molecular formula is C24H26F2N6O2. The van der Waals surface area contributed by atoms with Gasteiger partial charge in [-0.15, -0.1) is 5.73 Å². The SMILES string of the molecule is Cc1nc2ccc(CN3CCN(c4ccc(C(=O)NC5=C=CC5)nc4F)CC3)c(F)c2[nH]c1=O.[HH].[HH]. The van der Waals surface area contributed by atoms with E-state index in [2.05, 4.69) is 30.9 Å². The minimum Gasteiger partial charge on any atom is -0.365 e. The van der Waals surface area contributed by atoms with Gasteiger partial charge < -0.3 is 15.2 Å². The number of piperazine rings is 1. The summed E-state index contributed by atoms with van der Waals surface area (Å²) in [6, 6.07) is 6.44. The normalized spacial score (nSPS) is 15.9. The molecule has 0 bridgehead atoms. The molecule has 1 amide bonds. The van der Waals surface area contributed by atoms with E-state index in [1.807, 2.05) is 4.90 Å². The van der Waals surface area contributed by atoms with Crippen molar-refractivity contribution in [3.63, 3.8) is 0 Å². The molecule has 1 aliphatic carbocycles. The Morgan fingerprint density at radius 2 is 1.94 bits per heavy atom. The van der Waals surface area contributed by atoms with E-state index in [0.717, 1.165) is 0 Å². The summed E-state index contributed by atoms with van der Waals surface area (Å²) in [5.74, 6) is -1.65. The first-order valence-corrected chi connectivity index (χ1v) is 11.0. The van der Waals surface area contributed by atoms with Gasteiger partial charge in [0.15, 0.2) is 5.82 Å². The second kappa shape index (κ2) is 8.81. The highest BCUT2D eigenvalue weighted by Gasteiger charge is 2.23. The van der Waals surface area contributed by atoms with Crippen LogP contribution in [0.25, 0.3) is 11.0 Å². The van der Waals surface area contributed by atoms with Gasteiger partial charge in [0, 0.05) is 47.6 Å². The lowest BCUT2D eigenvalue weighted by Gasteiger charge is -2.36. The second-order valence-corrected chi connectivity index (χ2v) is 8.34. The Kier molecular flexibility index (Phi) is 5.69. The summed E-state index contributed by atoms with van der Waals surface area (Å²) in [6.45, 7) is 4.15. The van der Waals surface area contributed by atoms with Gasteiger partial charge in [0.2, 0.25) is 5.95 Å². The average molecular weight is 469 g/mol. The summed E-state index contributed by atoms with van der Waals surface area (Å²) in [6.07, 6.45) is 2.42. The molecule has 3 heterocycles. The first-order valence-electron chi connectivity index (χ1n) is 11.0. The fraction of sp³-hybridized carbons (Fsp3) is 0.292. The maximum absolute atomic E-state index is 15.0. The standard InChI is InChI=1S/C24H22F2N6O2.2H2/c1-14-23(33)30-21-17(27-14)6-5-15(20(21)25)13-31-9-11-32(12-10-31)19-8-7-18(29-22(19)26)24(34)28-16-3-2-4-16;;/h2,5-8H,3,9-13H2,1H3,(H,28,34)(H,30,33);2*1H. The quantitative estimate of drug-likeness (QED) is 0.442. The van der Waals surface area contributed by atoms with Crippen LogP contribution >= 0.6 is 0 Å². The monoisotopic (exact) mass is 468 g/mol. The molecule has 0 radical (unpaired) electrons. The maximum Gasteiger partial charge on any atom is 0.274 e. The largest absolute Gasteiger partial charge is 0.365 e. The van der Waals surface area contributed by atoms with Crippen molar-refractivity contribution >= 4 is 22.6 Å². The molecule has 2 N–H and O–H groups in total. The Labute approximate surface area is 196 Å². The van der Waals surface area contributed by atoms with E-state index in [1.165, 1.54) is 6.07 Å². The number of nitrogens with zero attached hydrogens (tertiary/aromatic N) is 4. The molecule has 1 aromatic carbocycles. The van der Waals surface area contributed by atoms with Crippen molar-refractivity contribution in [2.45, 2.75) is 19.9 Å². The third kappa shape index (κ3) is 4.21. The van der Waals surface area contributed by atoms with E-state index >= 15 is 0 Å². The molecule has 8 nitrogen and oxygen atoms in total. The van der Waals surface area contributed by atoms with E-state index in [1.54, 1.807) is 31.2 Å². The molecular weight excluding hydrogens is 442 g/mol. The number of rotatable bonds is 5. The Balaban J connectivity index is 0.00000180. The topological polar surface area (TPSA) is 94.2 Å². The number of halogens is 2. The van der Waals surface area contributed by atoms with Crippen molar-refractivity contribution in [1.82, 2.24) is 25.2 Å². The van der Waals surface area contributed by atoms with Gasteiger partial charge in [-0.1, -0.05) is 6.07 Å². The van der Waals surface area contributed by atoms with Crippen molar-refractivity contribution < 1.29 is 16.4 Å². The molecule has 1 saturated heterocycles. The van der Waals surface area contributed by atoms with Crippen LogP contribution in [0.5, 0.6) is 0 Å². The van der Waals surface area contributed by atoms with Crippen LogP contribution in [-0.2, 0) is 6.54 Å². The van der Waals surface area contributed by atoms with Crippen LogP contribution in [0.2, 0.25) is 0 Å². The molecule has 1 fully saturated rings. The number of amides is 1. The zero-order valence-corrected chi connectivity index (χ0v) is 18.5. The molecule has 2 aromatic heterocycles. The number of benzene rings is 1. The summed E-state index contributed by atoms with van der Waals surface area (Å²) < 4.78 is 29.7. The zero-order chi connectivity index (χ0) is 23.8. The summed E-state index contributed by atoms with van der Waals surface area (Å²) >= 11 is 0. The minimum absolute atomic E-state index is 0. The third-order valence-electron chi connectivity index (χ3n) is 6.07. The van der Waals surface area contributed by atoms with E-state index in [-0.39, 0.29) is 14.1 Å². The van der Waals surface area contributed by atoms with Gasteiger partial charge in [-0.3, -0.25) is 14.5 Å². The molecule has 10 heteroatoms. The number of pyridine rings is 1. The average Bonchev–Trinajstić information content (AvgIpc) is 2.80. The lowest BCUT2D eigenvalue weighted by molar-refractivity contribution is 0.0958. The molecule has 3 aromatic rings. The number of anilines is 1. The summed E-state index contributed by atoms with van der Waals surface area (Å²) in [5.41, 5.74) is 4.70. The van der Waals surface area contributed by atoms with Crippen LogP contribution in [0, 0.1) is 18.7 Å². The Morgan fingerprint density at radius 3 is 2.62 bits per heavy atom. The molecule has 178 valence electrons. The van der Waals surface area contributed by atoms with Gasteiger partial charge in [-0.25, -0.2) is 14.4 Å². The Bertz CT molecular complexity index is 1430. The summed E-state index contributed by atoms with van der Waals surface area (Å²) in [7, 11) is 0. The van der Waals surface area contributed by atoms with Gasteiger partial charge in [-0.05, 0) is 31.2 Å². The number of nitrogens with one attached hydrogen (secondary N) is 2. The molecule has 0 saturated carbocycles. The number of aromatic amines is 1. The van der Waals surface area contributed by atoms with Crippen molar-refractivity contribution in [3.8, 4) is 0 Å². The summed E-state index contributed by atoms with van der Waals surface area (Å²) in [5, 5.41) is 2.64. The van der Waals surface area contributed by atoms with Crippen molar-refractivity contribution in [1.29, 1.82) is 0 Å². The molecule has 0 unspecified atom stereocenters. The van der Waals surface area contributed by atoms with Gasteiger partial charge in [0.1, 0.15) is 16.9 Å². The number of carbonyl (C=O) groups excluding carboxylic acids is 1. The highest BCUT2D eigenvalue weighted by Crippen LogP contribution is 2.23. The number of aromatic nitrogens is 3. The van der Waals surface area contributed by atoms with Crippen LogP contribution in [0.4, 0.5) is 14.5 Å². The first-order chi connectivity index (χ1) is 16.4. The fourth-order valence-corrected chi connectivity index (χ4v) is 4.05. The molecule has 0 atom stereocenters. The maximum atomic E-state index is 15.0. The van der Waals surface area contributed by atoms with Gasteiger partial charge in [0.05, 0.1) is 16.9 Å². The van der Waals surface area contributed by atoms with Crippen LogP contribution in [-0.4, -0.2) is 51.9 Å². The highest BCUT2D eigenvalue weighted by molar-refractivity contribution is 5.93. The fourth-order valence-electron chi connectivity index (χ4n) is 4.05. The van der Waals surface area contributed by atoms with Gasteiger partial charge in [0.25, 0.3) is 11.5 Å². The third-order valence-corrected chi connectivity index (χ3v) is 6.07. The number of fused-ring (bicyclic) bond motifs is 1. The van der Waals surface area contributed by atoms with E-state index < -0.39 is 23.2 Å². The minimum atomic E-state index is -0.702. The number of hydrogen-bond donors (Lipinski definition) is 2. The van der Waals surface area contributed by atoms with Crippen LogP contribution < -0.4 is 15.8 Å². The first kappa shape index (κ1) is 21.9. The molecule has 2 aliphatic rings. The number of H-pyrrole nitrogens is 1. The van der Waals surface area contributed by atoms with Crippen molar-refractivity contribution in [2.24, 2.45) is 0 Å².